The van der Waals surface area contributed by atoms with E-state index >= 15 is 0 Å². The van der Waals surface area contributed by atoms with Crippen LogP contribution in [0.2, 0.25) is 0 Å². The van der Waals surface area contributed by atoms with Crippen LogP contribution in [0.15, 0.2) is 34.9 Å². The molecule has 0 saturated heterocycles. The number of nitrogens with zero attached hydrogens (tertiary/aromatic N) is 3. The van der Waals surface area contributed by atoms with Gasteiger partial charge in [-0.2, -0.15) is 5.10 Å². The molecule has 0 radical (unpaired) electrons. The van der Waals surface area contributed by atoms with Crippen molar-refractivity contribution < 1.29 is 18.8 Å². The first-order chi connectivity index (χ1) is 13.4. The minimum atomic E-state index is -0.516. The van der Waals surface area contributed by atoms with Crippen LogP contribution < -0.4 is 5.32 Å². The third-order valence-electron chi connectivity index (χ3n) is 4.42. The summed E-state index contributed by atoms with van der Waals surface area (Å²) in [5, 5.41) is 11.0. The van der Waals surface area contributed by atoms with Crippen molar-refractivity contribution in [2.75, 3.05) is 11.9 Å². The second-order valence-electron chi connectivity index (χ2n) is 6.48. The molecule has 0 saturated carbocycles. The van der Waals surface area contributed by atoms with E-state index in [0.29, 0.717) is 28.4 Å². The van der Waals surface area contributed by atoms with Crippen molar-refractivity contribution in [3.63, 3.8) is 0 Å². The van der Waals surface area contributed by atoms with Gasteiger partial charge in [-0.25, -0.2) is 4.68 Å². The lowest BCUT2D eigenvalue weighted by molar-refractivity contribution is -0.146. The number of carbonyl (C=O) groups excluding carboxylic acids is 2. The fourth-order valence-corrected chi connectivity index (χ4v) is 2.92. The van der Waals surface area contributed by atoms with Gasteiger partial charge >= 0.3 is 5.97 Å². The van der Waals surface area contributed by atoms with E-state index in [0.717, 1.165) is 11.4 Å². The van der Waals surface area contributed by atoms with Crippen LogP contribution in [-0.2, 0) is 20.7 Å². The van der Waals surface area contributed by atoms with E-state index in [1.165, 1.54) is 0 Å². The number of ether oxygens (including phenoxy) is 1. The zero-order valence-electron chi connectivity index (χ0n) is 16.3. The summed E-state index contributed by atoms with van der Waals surface area (Å²) in [6, 6.07) is 9.63. The zero-order chi connectivity index (χ0) is 20.3. The van der Waals surface area contributed by atoms with Crippen LogP contribution in [0.4, 0.5) is 5.69 Å². The molecule has 0 aliphatic heterocycles. The van der Waals surface area contributed by atoms with Crippen molar-refractivity contribution in [1.29, 1.82) is 0 Å². The number of carbonyl (C=O) groups is 2. The van der Waals surface area contributed by atoms with Gasteiger partial charge in [-0.15, -0.1) is 0 Å². The number of esters is 1. The van der Waals surface area contributed by atoms with Gasteiger partial charge in [0.25, 0.3) is 5.91 Å². The lowest BCUT2D eigenvalue weighted by Gasteiger charge is -2.08. The number of aryl methyl sites for hydroxylation is 3. The van der Waals surface area contributed by atoms with Gasteiger partial charge < -0.3 is 14.6 Å². The summed E-state index contributed by atoms with van der Waals surface area (Å²) in [5.41, 5.74) is 4.29. The predicted molar refractivity (Wildman–Crippen MR) is 102 cm³/mol. The number of anilines is 1. The highest BCUT2D eigenvalue weighted by atomic mass is 16.5. The van der Waals surface area contributed by atoms with Crippen molar-refractivity contribution >= 4 is 17.6 Å². The van der Waals surface area contributed by atoms with Gasteiger partial charge in [0.2, 0.25) is 0 Å². The number of aromatic nitrogens is 3. The van der Waals surface area contributed by atoms with Crippen molar-refractivity contribution in [2.45, 2.75) is 34.1 Å². The Balaban J connectivity index is 1.61. The summed E-state index contributed by atoms with van der Waals surface area (Å²) in [5.74, 6) is -0.373. The molecule has 0 unspecified atom stereocenters. The predicted octanol–water partition coefficient (Wildman–Crippen LogP) is 2.82. The number of amides is 1. The first kappa shape index (κ1) is 19.3. The van der Waals surface area contributed by atoms with Crippen molar-refractivity contribution in [3.05, 3.63) is 58.7 Å². The van der Waals surface area contributed by atoms with Crippen LogP contribution in [0.5, 0.6) is 0 Å². The fraction of sp³-hybridized carbons (Fsp3) is 0.300. The Hall–Kier alpha value is -3.42. The molecular weight excluding hydrogens is 360 g/mol. The number of benzene rings is 1. The average molecular weight is 382 g/mol. The molecule has 3 aromatic rings. The quantitative estimate of drug-likeness (QED) is 0.658. The van der Waals surface area contributed by atoms with Crippen molar-refractivity contribution in [3.8, 4) is 5.69 Å². The van der Waals surface area contributed by atoms with E-state index in [-0.39, 0.29) is 13.0 Å². The van der Waals surface area contributed by atoms with Crippen LogP contribution in [0.25, 0.3) is 5.69 Å². The van der Waals surface area contributed by atoms with Gasteiger partial charge in [0.15, 0.2) is 6.61 Å². The van der Waals surface area contributed by atoms with E-state index in [2.05, 4.69) is 15.6 Å². The zero-order valence-corrected chi connectivity index (χ0v) is 16.3. The lowest BCUT2D eigenvalue weighted by Crippen LogP contribution is -2.22. The first-order valence-corrected chi connectivity index (χ1v) is 8.85. The Morgan fingerprint density at radius 3 is 2.46 bits per heavy atom. The van der Waals surface area contributed by atoms with Crippen molar-refractivity contribution in [2.24, 2.45) is 0 Å². The maximum Gasteiger partial charge on any atom is 0.310 e. The molecule has 0 bridgehead atoms. The molecule has 1 N–H and O–H groups in total. The molecule has 1 aromatic carbocycles. The van der Waals surface area contributed by atoms with E-state index in [9.17, 15) is 9.59 Å². The third-order valence-corrected chi connectivity index (χ3v) is 4.42. The van der Waals surface area contributed by atoms with Crippen LogP contribution >= 0.6 is 0 Å². The Morgan fingerprint density at radius 1 is 1.11 bits per heavy atom. The molecule has 0 fully saturated rings. The first-order valence-electron chi connectivity index (χ1n) is 8.85. The molecule has 1 amide bonds. The lowest BCUT2D eigenvalue weighted by atomic mass is 10.1. The summed E-state index contributed by atoms with van der Waals surface area (Å²) >= 11 is 0. The highest BCUT2D eigenvalue weighted by Crippen LogP contribution is 2.22. The summed E-state index contributed by atoms with van der Waals surface area (Å²) < 4.78 is 11.9. The van der Waals surface area contributed by atoms with Crippen molar-refractivity contribution in [1.82, 2.24) is 14.9 Å². The maximum atomic E-state index is 12.2. The topological polar surface area (TPSA) is 99.2 Å². The molecule has 0 aliphatic rings. The molecule has 3 rings (SSSR count). The number of rotatable bonds is 6. The summed E-state index contributed by atoms with van der Waals surface area (Å²) in [7, 11) is 0. The van der Waals surface area contributed by atoms with Crippen LogP contribution in [0.1, 0.15) is 28.4 Å². The Labute approximate surface area is 162 Å². The van der Waals surface area contributed by atoms with Crippen LogP contribution in [0, 0.1) is 27.7 Å². The summed E-state index contributed by atoms with van der Waals surface area (Å²) in [6.07, 6.45) is 0.0123. The van der Waals surface area contributed by atoms with Gasteiger partial charge in [-0.1, -0.05) is 23.4 Å². The SMILES string of the molecule is Cc1noc(C)c1CC(=O)OCC(=O)Nc1c(C)nn(-c2ccccc2)c1C. The second kappa shape index (κ2) is 8.08. The molecule has 2 aromatic heterocycles. The largest absolute Gasteiger partial charge is 0.455 e. The number of hydrogen-bond donors (Lipinski definition) is 1. The number of para-hydroxylation sites is 1. The highest BCUT2D eigenvalue weighted by Gasteiger charge is 2.18. The fourth-order valence-electron chi connectivity index (χ4n) is 2.92. The minimum absolute atomic E-state index is 0.0123. The van der Waals surface area contributed by atoms with E-state index < -0.39 is 11.9 Å². The van der Waals surface area contributed by atoms with E-state index in [1.807, 2.05) is 44.2 Å². The average Bonchev–Trinajstić information content (AvgIpc) is 3.14. The molecule has 2 heterocycles. The van der Waals surface area contributed by atoms with E-state index in [4.69, 9.17) is 9.26 Å². The molecular formula is C20H22N4O4. The normalized spacial score (nSPS) is 10.7. The number of nitrogens with one attached hydrogen (secondary N) is 1. The van der Waals surface area contributed by atoms with Gasteiger partial charge in [-0.05, 0) is 39.8 Å². The van der Waals surface area contributed by atoms with Gasteiger partial charge in [-0.3, -0.25) is 9.59 Å². The van der Waals surface area contributed by atoms with Gasteiger partial charge in [0, 0.05) is 5.56 Å². The maximum absolute atomic E-state index is 12.2. The summed E-state index contributed by atoms with van der Waals surface area (Å²) in [4.78, 5) is 24.3. The Bertz CT molecular complexity index is 985. The molecule has 28 heavy (non-hydrogen) atoms. The Kier molecular flexibility index (Phi) is 5.58. The number of hydrogen-bond acceptors (Lipinski definition) is 6. The molecule has 8 nitrogen and oxygen atoms in total. The molecule has 0 spiro atoms. The highest BCUT2D eigenvalue weighted by molar-refractivity contribution is 5.94. The monoisotopic (exact) mass is 382 g/mol. The Morgan fingerprint density at radius 2 is 1.82 bits per heavy atom. The molecule has 146 valence electrons. The molecule has 0 atom stereocenters. The molecule has 8 heteroatoms. The van der Waals surface area contributed by atoms with Gasteiger partial charge in [0.05, 0.1) is 34.9 Å². The molecule has 0 aliphatic carbocycles. The smallest absolute Gasteiger partial charge is 0.310 e. The second-order valence-corrected chi connectivity index (χ2v) is 6.48. The summed E-state index contributed by atoms with van der Waals surface area (Å²) in [6.45, 7) is 6.78. The van der Waals surface area contributed by atoms with E-state index in [1.54, 1.807) is 18.5 Å². The van der Waals surface area contributed by atoms with Gasteiger partial charge in [0.1, 0.15) is 5.76 Å². The third kappa shape index (κ3) is 4.11. The standard InChI is InChI=1S/C20H22N4O4/c1-12-17(15(4)28-23-12)10-19(26)27-11-18(25)21-20-13(2)22-24(14(20)3)16-8-6-5-7-9-16/h5-9H,10-11H2,1-4H3,(H,21,25). The van der Waals surface area contributed by atoms with Crippen LogP contribution in [0.3, 0.4) is 0 Å². The van der Waals surface area contributed by atoms with Crippen LogP contribution in [-0.4, -0.2) is 33.4 Å². The minimum Gasteiger partial charge on any atom is -0.455 e.